The quantitative estimate of drug-likeness (QED) is 0.928. The Morgan fingerprint density at radius 1 is 1.38 bits per heavy atom. The molecular formula is C12H13F3N2O3S. The van der Waals surface area contributed by atoms with Crippen LogP contribution in [0.25, 0.3) is 11.0 Å². The van der Waals surface area contributed by atoms with Crippen LogP contribution in [-0.4, -0.2) is 41.6 Å². The van der Waals surface area contributed by atoms with E-state index in [0.717, 1.165) is 6.26 Å². The van der Waals surface area contributed by atoms with Gasteiger partial charge in [0.1, 0.15) is 5.82 Å². The zero-order chi connectivity index (χ0) is 16.0. The Kier molecular flexibility index (Phi) is 3.75. The normalized spacial score (nSPS) is 14.6. The van der Waals surface area contributed by atoms with E-state index in [9.17, 15) is 21.6 Å². The lowest BCUT2D eigenvalue weighted by Crippen LogP contribution is -2.31. The molecule has 5 nitrogen and oxygen atoms in total. The zero-order valence-electron chi connectivity index (χ0n) is 11.2. The maximum atomic E-state index is 12.4. The lowest BCUT2D eigenvalue weighted by molar-refractivity contribution is -0.203. The summed E-state index contributed by atoms with van der Waals surface area (Å²) in [4.78, 5) is 4.02. The second-order valence-corrected chi connectivity index (χ2v) is 6.79. The summed E-state index contributed by atoms with van der Waals surface area (Å²) < 4.78 is 61.4. The van der Waals surface area contributed by atoms with E-state index in [1.54, 1.807) is 0 Å². The first-order valence-corrected chi connectivity index (χ1v) is 7.79. The van der Waals surface area contributed by atoms with Crippen molar-refractivity contribution >= 4 is 20.9 Å². The molecule has 9 heteroatoms. The fourth-order valence-corrected chi connectivity index (χ4v) is 2.57. The van der Waals surface area contributed by atoms with Gasteiger partial charge in [-0.15, -0.1) is 0 Å². The van der Waals surface area contributed by atoms with Crippen molar-refractivity contribution in [3.8, 4) is 0 Å². The molecule has 21 heavy (non-hydrogen) atoms. The Morgan fingerprint density at radius 3 is 2.52 bits per heavy atom. The van der Waals surface area contributed by atoms with Gasteiger partial charge < -0.3 is 9.67 Å². The van der Waals surface area contributed by atoms with Crippen molar-refractivity contribution in [1.82, 2.24) is 9.55 Å². The van der Waals surface area contributed by atoms with E-state index in [1.807, 2.05) is 0 Å². The van der Waals surface area contributed by atoms with Crippen molar-refractivity contribution < 1.29 is 26.7 Å². The van der Waals surface area contributed by atoms with Gasteiger partial charge in [-0.2, -0.15) is 13.2 Å². The molecule has 0 amide bonds. The number of aromatic nitrogens is 2. The second-order valence-electron chi connectivity index (χ2n) is 4.77. The lowest BCUT2D eigenvalue weighted by atomic mass is 10.2. The molecule has 2 rings (SSSR count). The summed E-state index contributed by atoms with van der Waals surface area (Å²) in [5.41, 5.74) is 0.761. The number of benzene rings is 1. The number of rotatable bonds is 3. The molecule has 0 bridgehead atoms. The minimum Gasteiger partial charge on any atom is -0.383 e. The number of nitrogens with zero attached hydrogens (tertiary/aromatic N) is 2. The molecule has 1 unspecified atom stereocenters. The summed E-state index contributed by atoms with van der Waals surface area (Å²) in [6.07, 6.45) is -6.90. The van der Waals surface area contributed by atoms with E-state index in [1.165, 1.54) is 29.8 Å². The van der Waals surface area contributed by atoms with Crippen molar-refractivity contribution in [2.45, 2.75) is 23.6 Å². The SMILES string of the molecule is Cn1c(CC(O)C(F)(F)F)nc2cc(S(C)(=O)=O)ccc21. The average molecular weight is 322 g/mol. The molecule has 0 spiro atoms. The molecule has 1 aromatic carbocycles. The van der Waals surface area contributed by atoms with Crippen molar-refractivity contribution in [3.05, 3.63) is 24.0 Å². The van der Waals surface area contributed by atoms with Crippen LogP contribution < -0.4 is 0 Å². The third kappa shape index (κ3) is 3.18. The summed E-state index contributed by atoms with van der Waals surface area (Å²) in [5, 5.41) is 9.10. The molecule has 0 saturated carbocycles. The molecule has 0 saturated heterocycles. The van der Waals surface area contributed by atoms with Gasteiger partial charge in [0.05, 0.1) is 15.9 Å². The number of aliphatic hydroxyl groups is 1. The van der Waals surface area contributed by atoms with Crippen molar-refractivity contribution in [2.24, 2.45) is 7.05 Å². The molecule has 116 valence electrons. The van der Waals surface area contributed by atoms with Gasteiger partial charge in [0.25, 0.3) is 0 Å². The van der Waals surface area contributed by atoms with Crippen molar-refractivity contribution in [2.75, 3.05) is 6.26 Å². The molecule has 1 atom stereocenters. The molecule has 0 aliphatic rings. The number of aryl methyl sites for hydroxylation is 1. The number of imidazole rings is 1. The molecule has 0 radical (unpaired) electrons. The second kappa shape index (κ2) is 4.99. The van der Waals surface area contributed by atoms with Crippen LogP contribution in [0.4, 0.5) is 13.2 Å². The third-order valence-electron chi connectivity index (χ3n) is 3.13. The van der Waals surface area contributed by atoms with Gasteiger partial charge in [-0.3, -0.25) is 0 Å². The summed E-state index contributed by atoms with van der Waals surface area (Å²) >= 11 is 0. The molecule has 2 aromatic rings. The zero-order valence-corrected chi connectivity index (χ0v) is 12.0. The first-order valence-electron chi connectivity index (χ1n) is 5.90. The highest BCUT2D eigenvalue weighted by Crippen LogP contribution is 2.25. The first-order chi connectivity index (χ1) is 9.50. The Hall–Kier alpha value is -1.61. The Labute approximate surface area is 118 Å². The topological polar surface area (TPSA) is 72.2 Å². The van der Waals surface area contributed by atoms with Crippen LogP contribution in [0, 0.1) is 0 Å². The Morgan fingerprint density at radius 2 is 2.00 bits per heavy atom. The third-order valence-corrected chi connectivity index (χ3v) is 4.24. The van der Waals surface area contributed by atoms with Crippen molar-refractivity contribution in [1.29, 1.82) is 0 Å². The predicted molar refractivity (Wildman–Crippen MR) is 69.6 cm³/mol. The van der Waals surface area contributed by atoms with Crippen LogP contribution in [0.2, 0.25) is 0 Å². The summed E-state index contributed by atoms with van der Waals surface area (Å²) in [5.74, 6) is 0.0282. The first kappa shape index (κ1) is 15.8. The van der Waals surface area contributed by atoms with Crippen LogP contribution in [0.15, 0.2) is 23.1 Å². The standard InChI is InChI=1S/C12H13F3N2O3S/c1-17-9-4-3-7(21(2,19)20)5-8(9)16-11(17)6-10(18)12(13,14)15/h3-5,10,18H,6H2,1-2H3. The van der Waals surface area contributed by atoms with Crippen LogP contribution in [-0.2, 0) is 23.3 Å². The summed E-state index contributed by atoms with van der Waals surface area (Å²) in [6, 6.07) is 4.14. The van der Waals surface area contributed by atoms with Crippen LogP contribution >= 0.6 is 0 Å². The van der Waals surface area contributed by atoms with E-state index in [-0.39, 0.29) is 16.2 Å². The van der Waals surface area contributed by atoms with Crippen LogP contribution in [0.3, 0.4) is 0 Å². The van der Waals surface area contributed by atoms with E-state index >= 15 is 0 Å². The van der Waals surface area contributed by atoms with Crippen LogP contribution in [0.5, 0.6) is 0 Å². The summed E-state index contributed by atoms with van der Waals surface area (Å²) in [7, 11) is -1.91. The average Bonchev–Trinajstić information content (AvgIpc) is 2.63. The Balaban J connectivity index is 2.46. The van der Waals surface area contributed by atoms with Gasteiger partial charge >= 0.3 is 6.18 Å². The van der Waals surface area contributed by atoms with Gasteiger partial charge in [-0.05, 0) is 18.2 Å². The molecular weight excluding hydrogens is 309 g/mol. The largest absolute Gasteiger partial charge is 0.414 e. The van der Waals surface area contributed by atoms with Crippen molar-refractivity contribution in [3.63, 3.8) is 0 Å². The maximum Gasteiger partial charge on any atom is 0.414 e. The molecule has 0 aliphatic carbocycles. The van der Waals surface area contributed by atoms with Gasteiger partial charge in [-0.1, -0.05) is 0 Å². The molecule has 0 fully saturated rings. The van der Waals surface area contributed by atoms with Crippen LogP contribution in [0.1, 0.15) is 5.82 Å². The van der Waals surface area contributed by atoms with Gasteiger partial charge in [0, 0.05) is 19.7 Å². The van der Waals surface area contributed by atoms with Gasteiger partial charge in [-0.25, -0.2) is 13.4 Å². The fraction of sp³-hybridized carbons (Fsp3) is 0.417. The summed E-state index contributed by atoms with van der Waals surface area (Å²) in [6.45, 7) is 0. The highest BCUT2D eigenvalue weighted by Gasteiger charge is 2.39. The number of sulfone groups is 1. The minimum atomic E-state index is -4.73. The molecule has 1 aromatic heterocycles. The number of alkyl halides is 3. The fourth-order valence-electron chi connectivity index (χ4n) is 1.93. The number of hydrogen-bond acceptors (Lipinski definition) is 4. The maximum absolute atomic E-state index is 12.4. The highest BCUT2D eigenvalue weighted by atomic mass is 32.2. The van der Waals surface area contributed by atoms with E-state index in [4.69, 9.17) is 5.11 Å². The lowest BCUT2D eigenvalue weighted by Gasteiger charge is -2.13. The van der Waals surface area contributed by atoms with Gasteiger partial charge in [0.15, 0.2) is 15.9 Å². The highest BCUT2D eigenvalue weighted by molar-refractivity contribution is 7.90. The van der Waals surface area contributed by atoms with Gasteiger partial charge in [0.2, 0.25) is 0 Å². The number of halogens is 3. The van der Waals surface area contributed by atoms with E-state index in [2.05, 4.69) is 4.98 Å². The number of hydrogen-bond donors (Lipinski definition) is 1. The number of fused-ring (bicyclic) bond motifs is 1. The number of aliphatic hydroxyl groups excluding tert-OH is 1. The molecule has 0 aliphatic heterocycles. The Bertz CT molecular complexity index is 781. The smallest absolute Gasteiger partial charge is 0.383 e. The van der Waals surface area contributed by atoms with E-state index in [0.29, 0.717) is 5.52 Å². The predicted octanol–water partition coefficient (Wildman–Crippen LogP) is 1.44. The molecule has 1 heterocycles. The minimum absolute atomic E-state index is 0.0282. The van der Waals surface area contributed by atoms with E-state index < -0.39 is 28.5 Å². The monoisotopic (exact) mass is 322 g/mol. The molecule has 1 N–H and O–H groups in total.